The van der Waals surface area contributed by atoms with E-state index in [2.05, 4.69) is 4.74 Å². The molecule has 0 saturated carbocycles. The maximum atomic E-state index is 13.1. The lowest BCUT2D eigenvalue weighted by Gasteiger charge is -2.15. The Hall–Kier alpha value is -2.25. The highest BCUT2D eigenvalue weighted by molar-refractivity contribution is 5.99. The number of carbonyl (C=O) groups excluding carboxylic acids is 2. The van der Waals surface area contributed by atoms with Crippen molar-refractivity contribution in [2.75, 3.05) is 0 Å². The Bertz CT molecular complexity index is 634. The van der Waals surface area contributed by atoms with Crippen molar-refractivity contribution in [1.82, 2.24) is 0 Å². The van der Waals surface area contributed by atoms with Crippen molar-refractivity contribution in [2.24, 2.45) is 5.41 Å². The van der Waals surface area contributed by atoms with Crippen LogP contribution in [-0.2, 0) is 14.3 Å². The van der Waals surface area contributed by atoms with Gasteiger partial charge in [0.1, 0.15) is 11.6 Å². The van der Waals surface area contributed by atoms with E-state index in [-0.39, 0.29) is 6.08 Å². The lowest BCUT2D eigenvalue weighted by Crippen LogP contribution is -2.25. The Balaban J connectivity index is 3.22. The van der Waals surface area contributed by atoms with E-state index in [0.717, 1.165) is 0 Å². The molecule has 0 fully saturated rings. The quantitative estimate of drug-likeness (QED) is 0.354. The van der Waals surface area contributed by atoms with Gasteiger partial charge in [-0.25, -0.2) is 13.6 Å². The molecule has 126 valence electrons. The molecule has 0 amide bonds. The zero-order valence-electron chi connectivity index (χ0n) is 12.4. The largest absolute Gasteiger partial charge is 0.417 e. The van der Waals surface area contributed by atoms with Gasteiger partial charge in [0.2, 0.25) is 0 Å². The maximum Gasteiger partial charge on any atom is 0.417 e. The predicted octanol–water partition coefficient (Wildman–Crippen LogP) is 4.03. The van der Waals surface area contributed by atoms with Crippen molar-refractivity contribution in [3.63, 3.8) is 0 Å². The van der Waals surface area contributed by atoms with Crippen LogP contribution in [-0.4, -0.2) is 18.1 Å². The van der Waals surface area contributed by atoms with Crippen molar-refractivity contribution in [3.8, 4) is 0 Å². The van der Waals surface area contributed by atoms with Crippen molar-refractivity contribution in [3.05, 3.63) is 41.5 Å². The summed E-state index contributed by atoms with van der Waals surface area (Å²) < 4.78 is 69.4. The number of halogens is 5. The number of hydrogen-bond donors (Lipinski definition) is 0. The van der Waals surface area contributed by atoms with Crippen LogP contribution in [0.15, 0.2) is 24.3 Å². The molecule has 0 aromatic heterocycles. The minimum Gasteiger partial charge on any atom is -0.389 e. The molecule has 0 aliphatic rings. The normalized spacial score (nSPS) is 13.0. The molecular weight excluding hydrogens is 323 g/mol. The summed E-state index contributed by atoms with van der Waals surface area (Å²) >= 11 is 0. The van der Waals surface area contributed by atoms with Gasteiger partial charge in [-0.15, -0.1) is 0 Å². The maximum absolute atomic E-state index is 13.1. The van der Waals surface area contributed by atoms with Gasteiger partial charge < -0.3 is 4.74 Å². The molecule has 0 bridgehead atoms. The number of allylic oxidation sites excluding steroid dienone is 1. The Kier molecular flexibility index (Phi) is 5.29. The van der Waals surface area contributed by atoms with Crippen LogP contribution in [0.3, 0.4) is 0 Å². The van der Waals surface area contributed by atoms with E-state index >= 15 is 0 Å². The molecule has 1 rings (SSSR count). The molecular formula is C15H13F5O3. The number of carbonyl (C=O) groups is 2. The Labute approximate surface area is 128 Å². The number of esters is 2. The van der Waals surface area contributed by atoms with Crippen molar-refractivity contribution >= 4 is 17.5 Å². The highest BCUT2D eigenvalue weighted by atomic mass is 19.4. The predicted molar refractivity (Wildman–Crippen MR) is 70.9 cm³/mol. The van der Waals surface area contributed by atoms with Gasteiger partial charge in [-0.1, -0.05) is 0 Å². The summed E-state index contributed by atoms with van der Waals surface area (Å²) in [6.45, 7) is 4.21. The van der Waals surface area contributed by atoms with Gasteiger partial charge in [-0.2, -0.15) is 13.2 Å². The van der Waals surface area contributed by atoms with E-state index in [1.165, 1.54) is 20.8 Å². The SMILES string of the molecule is CC(C)(C)C(=O)OC(=O)/C=C(\c1cc(F)cc(F)c1)C(F)(F)F. The van der Waals surface area contributed by atoms with Gasteiger partial charge in [0.05, 0.1) is 11.0 Å². The summed E-state index contributed by atoms with van der Waals surface area (Å²) in [4.78, 5) is 23.0. The first-order valence-corrected chi connectivity index (χ1v) is 6.32. The van der Waals surface area contributed by atoms with Crippen LogP contribution < -0.4 is 0 Å². The number of hydrogen-bond acceptors (Lipinski definition) is 3. The second-order valence-corrected chi connectivity index (χ2v) is 5.67. The summed E-state index contributed by atoms with van der Waals surface area (Å²) in [6, 6.07) is 1.22. The molecule has 0 aliphatic carbocycles. The Morgan fingerprint density at radius 1 is 1.00 bits per heavy atom. The monoisotopic (exact) mass is 336 g/mol. The molecule has 23 heavy (non-hydrogen) atoms. The number of ether oxygens (including phenoxy) is 1. The second-order valence-electron chi connectivity index (χ2n) is 5.67. The smallest absolute Gasteiger partial charge is 0.389 e. The standard InChI is InChI=1S/C15H13F5O3/c1-14(2,3)13(22)23-12(21)7-11(15(18,19)20)8-4-9(16)6-10(17)5-8/h4-7H,1-3H3/b11-7+. The van der Waals surface area contributed by atoms with Crippen LogP contribution in [0.2, 0.25) is 0 Å². The van der Waals surface area contributed by atoms with Crippen LogP contribution in [0.25, 0.3) is 5.57 Å². The third-order valence-electron chi connectivity index (χ3n) is 2.55. The van der Waals surface area contributed by atoms with Crippen LogP contribution in [0.1, 0.15) is 26.3 Å². The summed E-state index contributed by atoms with van der Waals surface area (Å²) in [5.41, 5.74) is -3.62. The van der Waals surface area contributed by atoms with Crippen LogP contribution >= 0.6 is 0 Å². The van der Waals surface area contributed by atoms with E-state index in [4.69, 9.17) is 0 Å². The summed E-state index contributed by atoms with van der Waals surface area (Å²) in [5.74, 6) is -5.10. The van der Waals surface area contributed by atoms with Gasteiger partial charge in [-0.3, -0.25) is 4.79 Å². The molecule has 8 heteroatoms. The first-order valence-electron chi connectivity index (χ1n) is 6.32. The molecule has 1 aromatic rings. The molecule has 0 aliphatic heterocycles. The van der Waals surface area contributed by atoms with E-state index in [0.29, 0.717) is 18.2 Å². The number of benzene rings is 1. The lowest BCUT2D eigenvalue weighted by atomic mass is 9.97. The Morgan fingerprint density at radius 2 is 1.48 bits per heavy atom. The molecule has 0 atom stereocenters. The molecule has 0 heterocycles. The zero-order chi connectivity index (χ0) is 18.0. The first kappa shape index (κ1) is 18.8. The van der Waals surface area contributed by atoms with Gasteiger partial charge >= 0.3 is 18.1 Å². The number of alkyl halides is 3. The fourth-order valence-corrected chi connectivity index (χ4v) is 1.43. The van der Waals surface area contributed by atoms with Gasteiger partial charge in [0.15, 0.2) is 0 Å². The van der Waals surface area contributed by atoms with Crippen molar-refractivity contribution in [1.29, 1.82) is 0 Å². The molecule has 3 nitrogen and oxygen atoms in total. The summed E-state index contributed by atoms with van der Waals surface area (Å²) in [7, 11) is 0. The fourth-order valence-electron chi connectivity index (χ4n) is 1.43. The minimum atomic E-state index is -5.08. The van der Waals surface area contributed by atoms with Crippen LogP contribution in [0.5, 0.6) is 0 Å². The van der Waals surface area contributed by atoms with E-state index in [1.54, 1.807) is 0 Å². The van der Waals surface area contributed by atoms with E-state index < -0.39 is 46.3 Å². The summed E-state index contributed by atoms with van der Waals surface area (Å²) in [5, 5.41) is 0. The molecule has 0 N–H and O–H groups in total. The Morgan fingerprint density at radius 3 is 1.87 bits per heavy atom. The second kappa shape index (κ2) is 6.47. The lowest BCUT2D eigenvalue weighted by molar-refractivity contribution is -0.162. The van der Waals surface area contributed by atoms with Crippen molar-refractivity contribution in [2.45, 2.75) is 26.9 Å². The summed E-state index contributed by atoms with van der Waals surface area (Å²) in [6.07, 6.45) is -5.10. The molecule has 0 unspecified atom stereocenters. The highest BCUT2D eigenvalue weighted by Crippen LogP contribution is 2.34. The highest BCUT2D eigenvalue weighted by Gasteiger charge is 2.36. The number of rotatable bonds is 2. The third-order valence-corrected chi connectivity index (χ3v) is 2.55. The average Bonchev–Trinajstić information content (AvgIpc) is 2.31. The van der Waals surface area contributed by atoms with Crippen LogP contribution in [0, 0.1) is 17.0 Å². The average molecular weight is 336 g/mol. The molecule has 0 radical (unpaired) electrons. The van der Waals surface area contributed by atoms with Crippen LogP contribution in [0.4, 0.5) is 22.0 Å². The molecule has 1 aromatic carbocycles. The topological polar surface area (TPSA) is 43.4 Å². The van der Waals surface area contributed by atoms with Gasteiger partial charge in [0, 0.05) is 12.1 Å². The van der Waals surface area contributed by atoms with Gasteiger partial charge in [-0.05, 0) is 38.5 Å². The molecule has 0 saturated heterocycles. The van der Waals surface area contributed by atoms with E-state index in [1.807, 2.05) is 0 Å². The van der Waals surface area contributed by atoms with Crippen molar-refractivity contribution < 1.29 is 36.3 Å². The van der Waals surface area contributed by atoms with Gasteiger partial charge in [0.25, 0.3) is 0 Å². The van der Waals surface area contributed by atoms with E-state index in [9.17, 15) is 31.5 Å². The first-order chi connectivity index (χ1) is 10.3. The minimum absolute atomic E-state index is 0.0160. The fraction of sp³-hybridized carbons (Fsp3) is 0.333. The zero-order valence-corrected chi connectivity index (χ0v) is 12.4. The third kappa shape index (κ3) is 5.46. The molecule has 0 spiro atoms.